The summed E-state index contributed by atoms with van der Waals surface area (Å²) in [7, 11) is 0. The summed E-state index contributed by atoms with van der Waals surface area (Å²) in [6.45, 7) is 1.42. The number of aromatic nitrogens is 2. The normalized spacial score (nSPS) is 12.2. The van der Waals surface area contributed by atoms with Crippen molar-refractivity contribution >= 4 is 16.9 Å². The van der Waals surface area contributed by atoms with Gasteiger partial charge in [0.05, 0.1) is 11.0 Å². The van der Waals surface area contributed by atoms with Crippen molar-refractivity contribution in [3.05, 3.63) is 89.7 Å². The molecule has 0 atom stereocenters. The highest BCUT2D eigenvalue weighted by Gasteiger charge is 2.18. The first-order valence-corrected chi connectivity index (χ1v) is 10.9. The second-order valence-corrected chi connectivity index (χ2v) is 7.94. The number of imidazole rings is 1. The number of nitrogens with zero attached hydrogens (tertiary/aromatic N) is 2. The summed E-state index contributed by atoms with van der Waals surface area (Å²) < 4.78 is 10.9. The number of carbonyl (C=O) groups is 1. The van der Waals surface area contributed by atoms with E-state index in [2.05, 4.69) is 22.1 Å². The van der Waals surface area contributed by atoms with Gasteiger partial charge in [0.1, 0.15) is 5.82 Å². The molecule has 5 rings (SSSR count). The molecule has 0 saturated carbocycles. The van der Waals surface area contributed by atoms with E-state index in [-0.39, 0.29) is 12.7 Å². The Kier molecular flexibility index (Phi) is 5.75. The van der Waals surface area contributed by atoms with Crippen LogP contribution in [0.4, 0.5) is 0 Å². The number of carbonyl (C=O) groups excluding carboxylic acids is 1. The molecule has 6 nitrogen and oxygen atoms in total. The van der Waals surface area contributed by atoms with Crippen LogP contribution in [0.2, 0.25) is 0 Å². The Hall–Kier alpha value is -3.80. The van der Waals surface area contributed by atoms with Crippen molar-refractivity contribution in [3.63, 3.8) is 0 Å². The van der Waals surface area contributed by atoms with Crippen LogP contribution in [0.15, 0.2) is 72.8 Å². The van der Waals surface area contributed by atoms with Crippen LogP contribution in [-0.2, 0) is 24.2 Å². The highest BCUT2D eigenvalue weighted by Crippen LogP contribution is 2.32. The van der Waals surface area contributed by atoms with E-state index in [0.29, 0.717) is 25.9 Å². The molecule has 6 heteroatoms. The van der Waals surface area contributed by atoms with Gasteiger partial charge in [0.25, 0.3) is 0 Å². The van der Waals surface area contributed by atoms with E-state index in [1.807, 2.05) is 65.6 Å². The fourth-order valence-corrected chi connectivity index (χ4v) is 3.97. The first-order chi connectivity index (χ1) is 15.7. The van der Waals surface area contributed by atoms with Crippen LogP contribution in [0.3, 0.4) is 0 Å². The molecule has 0 saturated heterocycles. The number of H-pyrrole nitrogens is 1. The van der Waals surface area contributed by atoms with Crippen LogP contribution in [0, 0.1) is 0 Å². The molecule has 0 unspecified atom stereocenters. The maximum absolute atomic E-state index is 13.2. The summed E-state index contributed by atoms with van der Waals surface area (Å²) in [4.78, 5) is 23.1. The molecule has 32 heavy (non-hydrogen) atoms. The van der Waals surface area contributed by atoms with Gasteiger partial charge in [-0.2, -0.15) is 0 Å². The molecule has 162 valence electrons. The molecule has 0 aliphatic carbocycles. The summed E-state index contributed by atoms with van der Waals surface area (Å²) in [6, 6.07) is 24.0. The third-order valence-corrected chi connectivity index (χ3v) is 5.69. The predicted octanol–water partition coefficient (Wildman–Crippen LogP) is 4.50. The van der Waals surface area contributed by atoms with Crippen LogP contribution in [0.5, 0.6) is 11.5 Å². The maximum Gasteiger partial charge on any atom is 0.231 e. The summed E-state index contributed by atoms with van der Waals surface area (Å²) in [5.74, 6) is 2.44. The lowest BCUT2D eigenvalue weighted by Crippen LogP contribution is -2.32. The fraction of sp³-hybridized carbons (Fsp3) is 0.231. The molecule has 3 aromatic carbocycles. The van der Waals surface area contributed by atoms with Gasteiger partial charge in [-0.15, -0.1) is 0 Å². The van der Waals surface area contributed by atoms with Crippen molar-refractivity contribution in [2.75, 3.05) is 13.3 Å². The Bertz CT molecular complexity index is 1190. The van der Waals surface area contributed by atoms with E-state index in [9.17, 15) is 4.79 Å². The monoisotopic (exact) mass is 427 g/mol. The first-order valence-electron chi connectivity index (χ1n) is 10.9. The van der Waals surface area contributed by atoms with Crippen LogP contribution in [0.25, 0.3) is 11.0 Å². The number of benzene rings is 3. The second-order valence-electron chi connectivity index (χ2n) is 7.94. The number of aryl methyl sites for hydroxylation is 1. The number of nitrogens with one attached hydrogen (secondary N) is 1. The minimum Gasteiger partial charge on any atom is -0.454 e. The van der Waals surface area contributed by atoms with E-state index in [1.54, 1.807) is 0 Å². The first kappa shape index (κ1) is 20.1. The van der Waals surface area contributed by atoms with Gasteiger partial charge in [0.15, 0.2) is 11.5 Å². The number of amides is 1. The van der Waals surface area contributed by atoms with Gasteiger partial charge in [-0.3, -0.25) is 4.79 Å². The zero-order valence-corrected chi connectivity index (χ0v) is 17.8. The molecule has 0 radical (unpaired) electrons. The molecular weight excluding hydrogens is 402 g/mol. The molecule has 1 amide bonds. The number of para-hydroxylation sites is 2. The van der Waals surface area contributed by atoms with E-state index in [4.69, 9.17) is 9.47 Å². The molecule has 4 aromatic rings. The molecule has 0 bridgehead atoms. The second kappa shape index (κ2) is 9.14. The zero-order chi connectivity index (χ0) is 21.8. The number of hydrogen-bond donors (Lipinski definition) is 1. The van der Waals surface area contributed by atoms with Crippen LogP contribution in [-0.4, -0.2) is 34.1 Å². The Labute approximate surface area is 186 Å². The van der Waals surface area contributed by atoms with E-state index < -0.39 is 0 Å². The van der Waals surface area contributed by atoms with Crippen molar-refractivity contribution < 1.29 is 14.3 Å². The highest BCUT2D eigenvalue weighted by atomic mass is 16.7. The third-order valence-electron chi connectivity index (χ3n) is 5.69. The number of fused-ring (bicyclic) bond motifs is 2. The van der Waals surface area contributed by atoms with Crippen molar-refractivity contribution in [1.82, 2.24) is 14.9 Å². The van der Waals surface area contributed by atoms with Crippen LogP contribution >= 0.6 is 0 Å². The van der Waals surface area contributed by atoms with Crippen molar-refractivity contribution in [3.8, 4) is 11.5 Å². The number of ether oxygens (including phenoxy) is 2. The fourth-order valence-electron chi connectivity index (χ4n) is 3.97. The number of hydrogen-bond acceptors (Lipinski definition) is 4. The molecule has 2 heterocycles. The van der Waals surface area contributed by atoms with Crippen molar-refractivity contribution in [1.29, 1.82) is 0 Å². The average Bonchev–Trinajstić information content (AvgIpc) is 3.47. The van der Waals surface area contributed by atoms with Gasteiger partial charge in [-0.25, -0.2) is 4.98 Å². The Morgan fingerprint density at radius 3 is 2.59 bits per heavy atom. The molecular formula is C26H25N3O3. The highest BCUT2D eigenvalue weighted by molar-refractivity contribution is 5.77. The smallest absolute Gasteiger partial charge is 0.231 e. The van der Waals surface area contributed by atoms with E-state index in [1.165, 1.54) is 5.56 Å². The van der Waals surface area contributed by atoms with E-state index in [0.717, 1.165) is 40.3 Å². The molecule has 0 spiro atoms. The maximum atomic E-state index is 13.2. The average molecular weight is 428 g/mol. The van der Waals surface area contributed by atoms with Crippen molar-refractivity contribution in [2.24, 2.45) is 0 Å². The molecule has 1 aromatic heterocycles. The standard InChI is InChI=1S/C26H25N3O3/c30-26(13-12-25-27-21-8-4-5-9-22(21)28-25)29(15-14-19-6-2-1-3-7-19)17-20-10-11-23-24(16-20)32-18-31-23/h1-11,16H,12-15,17-18H2,(H,27,28). The lowest BCUT2D eigenvalue weighted by Gasteiger charge is -2.23. The minimum atomic E-state index is 0.110. The summed E-state index contributed by atoms with van der Waals surface area (Å²) in [5, 5.41) is 0. The largest absolute Gasteiger partial charge is 0.454 e. The van der Waals surface area contributed by atoms with Gasteiger partial charge < -0.3 is 19.4 Å². The molecule has 1 aliphatic rings. The molecule has 0 fully saturated rings. The van der Waals surface area contributed by atoms with Crippen molar-refractivity contribution in [2.45, 2.75) is 25.8 Å². The molecule has 1 aliphatic heterocycles. The van der Waals surface area contributed by atoms with Crippen LogP contribution < -0.4 is 9.47 Å². The van der Waals surface area contributed by atoms with Crippen LogP contribution in [0.1, 0.15) is 23.4 Å². The van der Waals surface area contributed by atoms with Gasteiger partial charge >= 0.3 is 0 Å². The summed E-state index contributed by atoms with van der Waals surface area (Å²) in [6.07, 6.45) is 1.79. The minimum absolute atomic E-state index is 0.110. The van der Waals surface area contributed by atoms with Gasteiger partial charge in [-0.1, -0.05) is 48.5 Å². The molecule has 1 N–H and O–H groups in total. The predicted molar refractivity (Wildman–Crippen MR) is 123 cm³/mol. The zero-order valence-electron chi connectivity index (χ0n) is 17.8. The van der Waals surface area contributed by atoms with Gasteiger partial charge in [0.2, 0.25) is 12.7 Å². The van der Waals surface area contributed by atoms with E-state index >= 15 is 0 Å². The van der Waals surface area contributed by atoms with Gasteiger partial charge in [-0.05, 0) is 41.8 Å². The Morgan fingerprint density at radius 2 is 1.72 bits per heavy atom. The quantitative estimate of drug-likeness (QED) is 0.450. The number of rotatable bonds is 8. The lowest BCUT2D eigenvalue weighted by atomic mass is 10.1. The Balaban J connectivity index is 1.28. The third kappa shape index (κ3) is 4.59. The SMILES string of the molecule is O=C(CCc1nc2ccccc2[nH]1)N(CCc1ccccc1)Cc1ccc2c(c1)OCO2. The lowest BCUT2D eigenvalue weighted by molar-refractivity contribution is -0.131. The summed E-state index contributed by atoms with van der Waals surface area (Å²) >= 11 is 0. The number of aromatic amines is 1. The van der Waals surface area contributed by atoms with Gasteiger partial charge in [0, 0.05) is 25.9 Å². The Morgan fingerprint density at radius 1 is 0.906 bits per heavy atom. The summed E-state index contributed by atoms with van der Waals surface area (Å²) in [5.41, 5.74) is 4.17. The topological polar surface area (TPSA) is 67.5 Å².